The summed E-state index contributed by atoms with van der Waals surface area (Å²) < 4.78 is 5.31. The van der Waals surface area contributed by atoms with Crippen LogP contribution >= 0.6 is 0 Å². The highest BCUT2D eigenvalue weighted by atomic mass is 16.5. The zero-order valence-corrected chi connectivity index (χ0v) is 14.8. The standard InChI is InChI=1S/C21H20N2O4/c24-19(25)12-17(15-10-9-13-5-1-2-6-14(13)11-15)22-21(26)20-16-7-3-4-8-18(16)27-23-20/h1-2,5-6,9-11,17H,3-4,7-8,12H2,(H,22,26)(H,24,25)/t17-/m0/s1. The molecule has 0 saturated heterocycles. The second-order valence-electron chi connectivity index (χ2n) is 6.87. The number of benzene rings is 2. The number of carboxylic acids is 1. The molecule has 0 aliphatic heterocycles. The monoisotopic (exact) mass is 364 g/mol. The molecule has 4 rings (SSSR count). The van der Waals surface area contributed by atoms with E-state index in [2.05, 4.69) is 10.5 Å². The molecule has 1 aliphatic rings. The molecular formula is C21H20N2O4. The van der Waals surface area contributed by atoms with Gasteiger partial charge in [-0.2, -0.15) is 0 Å². The summed E-state index contributed by atoms with van der Waals surface area (Å²) in [6.07, 6.45) is 3.38. The number of carbonyl (C=O) groups excluding carboxylic acids is 1. The van der Waals surface area contributed by atoms with Crippen molar-refractivity contribution in [1.29, 1.82) is 0 Å². The van der Waals surface area contributed by atoms with Gasteiger partial charge in [0.1, 0.15) is 5.76 Å². The fourth-order valence-corrected chi connectivity index (χ4v) is 3.64. The van der Waals surface area contributed by atoms with Gasteiger partial charge in [0.05, 0.1) is 12.5 Å². The Hall–Kier alpha value is -3.15. The normalized spacial score (nSPS) is 14.5. The number of nitrogens with zero attached hydrogens (tertiary/aromatic N) is 1. The number of carbonyl (C=O) groups is 2. The molecule has 2 aromatic carbocycles. The summed E-state index contributed by atoms with van der Waals surface area (Å²) >= 11 is 0. The van der Waals surface area contributed by atoms with Crippen molar-refractivity contribution in [2.75, 3.05) is 0 Å². The lowest BCUT2D eigenvalue weighted by Gasteiger charge is -2.18. The van der Waals surface area contributed by atoms with Crippen LogP contribution in [0.3, 0.4) is 0 Å². The predicted octanol–water partition coefficient (Wildman–Crippen LogP) is 3.65. The maximum Gasteiger partial charge on any atom is 0.305 e. The molecule has 2 N–H and O–H groups in total. The molecule has 0 unspecified atom stereocenters. The van der Waals surface area contributed by atoms with E-state index in [0.717, 1.165) is 53.3 Å². The Balaban J connectivity index is 1.62. The molecule has 0 bridgehead atoms. The Morgan fingerprint density at radius 2 is 1.89 bits per heavy atom. The highest BCUT2D eigenvalue weighted by Crippen LogP contribution is 2.26. The molecule has 3 aromatic rings. The summed E-state index contributed by atoms with van der Waals surface area (Å²) in [4.78, 5) is 24.1. The first-order valence-corrected chi connectivity index (χ1v) is 9.10. The summed E-state index contributed by atoms with van der Waals surface area (Å²) in [5.41, 5.74) is 1.88. The van der Waals surface area contributed by atoms with Crippen LogP contribution in [0.4, 0.5) is 0 Å². The van der Waals surface area contributed by atoms with Crippen LogP contribution in [0.1, 0.15) is 52.7 Å². The van der Waals surface area contributed by atoms with Crippen LogP contribution < -0.4 is 5.32 Å². The van der Waals surface area contributed by atoms with E-state index in [1.165, 1.54) is 0 Å². The minimum Gasteiger partial charge on any atom is -0.481 e. The molecule has 1 amide bonds. The van der Waals surface area contributed by atoms with Crippen molar-refractivity contribution in [1.82, 2.24) is 10.5 Å². The Bertz CT molecular complexity index is 1010. The van der Waals surface area contributed by atoms with Gasteiger partial charge in [0.2, 0.25) is 0 Å². The van der Waals surface area contributed by atoms with Crippen molar-refractivity contribution in [3.63, 3.8) is 0 Å². The number of amides is 1. The third kappa shape index (κ3) is 3.56. The average molecular weight is 364 g/mol. The Morgan fingerprint density at radius 1 is 1.11 bits per heavy atom. The lowest BCUT2D eigenvalue weighted by atomic mass is 9.95. The molecule has 1 heterocycles. The van der Waals surface area contributed by atoms with Crippen molar-refractivity contribution in [3.8, 4) is 0 Å². The zero-order chi connectivity index (χ0) is 18.8. The average Bonchev–Trinajstić information content (AvgIpc) is 3.11. The molecule has 0 radical (unpaired) electrons. The molecule has 1 atom stereocenters. The first-order chi connectivity index (χ1) is 13.1. The quantitative estimate of drug-likeness (QED) is 0.721. The highest BCUT2D eigenvalue weighted by molar-refractivity contribution is 5.94. The van der Waals surface area contributed by atoms with E-state index in [1.54, 1.807) is 0 Å². The van der Waals surface area contributed by atoms with E-state index in [0.29, 0.717) is 0 Å². The van der Waals surface area contributed by atoms with Crippen molar-refractivity contribution in [3.05, 3.63) is 65.0 Å². The maximum absolute atomic E-state index is 12.8. The Morgan fingerprint density at radius 3 is 2.70 bits per heavy atom. The maximum atomic E-state index is 12.8. The minimum atomic E-state index is -0.976. The van der Waals surface area contributed by atoms with Crippen LogP contribution in [-0.4, -0.2) is 22.1 Å². The van der Waals surface area contributed by atoms with Gasteiger partial charge in [-0.1, -0.05) is 41.6 Å². The van der Waals surface area contributed by atoms with Crippen LogP contribution in [0, 0.1) is 0 Å². The SMILES string of the molecule is O=C(O)C[C@H](NC(=O)c1noc2c1CCCC2)c1ccc2ccccc2c1. The van der Waals surface area contributed by atoms with E-state index in [9.17, 15) is 14.7 Å². The fourth-order valence-electron chi connectivity index (χ4n) is 3.64. The molecule has 27 heavy (non-hydrogen) atoms. The number of carboxylic acid groups (broad SMARTS) is 1. The van der Waals surface area contributed by atoms with Gasteiger partial charge in [-0.3, -0.25) is 9.59 Å². The largest absolute Gasteiger partial charge is 0.481 e. The molecule has 6 heteroatoms. The topological polar surface area (TPSA) is 92.4 Å². The van der Waals surface area contributed by atoms with Crippen molar-refractivity contribution < 1.29 is 19.2 Å². The van der Waals surface area contributed by atoms with Crippen LogP contribution in [0.25, 0.3) is 10.8 Å². The molecule has 0 spiro atoms. The number of nitrogens with one attached hydrogen (secondary N) is 1. The van der Waals surface area contributed by atoms with Gasteiger partial charge in [0.15, 0.2) is 5.69 Å². The number of aryl methyl sites for hydroxylation is 1. The Labute approximate surface area is 156 Å². The second kappa shape index (κ2) is 7.23. The number of fused-ring (bicyclic) bond motifs is 2. The van der Waals surface area contributed by atoms with Gasteiger partial charge in [0, 0.05) is 12.0 Å². The highest BCUT2D eigenvalue weighted by Gasteiger charge is 2.26. The summed E-state index contributed by atoms with van der Waals surface area (Å²) in [6, 6.07) is 12.9. The zero-order valence-electron chi connectivity index (χ0n) is 14.8. The first-order valence-electron chi connectivity index (χ1n) is 9.10. The van der Waals surface area contributed by atoms with Gasteiger partial charge in [-0.25, -0.2) is 0 Å². The number of rotatable bonds is 5. The number of hydrogen-bond acceptors (Lipinski definition) is 4. The lowest BCUT2D eigenvalue weighted by Crippen LogP contribution is -2.31. The number of aliphatic carboxylic acids is 1. The smallest absolute Gasteiger partial charge is 0.305 e. The second-order valence-corrected chi connectivity index (χ2v) is 6.87. The van der Waals surface area contributed by atoms with Gasteiger partial charge in [-0.05, 0) is 41.7 Å². The third-order valence-corrected chi connectivity index (χ3v) is 5.03. The molecule has 0 saturated carbocycles. The summed E-state index contributed by atoms with van der Waals surface area (Å²) in [5.74, 6) is -0.594. The van der Waals surface area contributed by atoms with Gasteiger partial charge >= 0.3 is 5.97 Å². The predicted molar refractivity (Wildman–Crippen MR) is 99.6 cm³/mol. The number of hydrogen-bond donors (Lipinski definition) is 2. The van der Waals surface area contributed by atoms with E-state index in [-0.39, 0.29) is 18.0 Å². The van der Waals surface area contributed by atoms with Crippen molar-refractivity contribution in [2.45, 2.75) is 38.1 Å². The summed E-state index contributed by atoms with van der Waals surface area (Å²) in [6.45, 7) is 0. The van der Waals surface area contributed by atoms with Crippen molar-refractivity contribution >= 4 is 22.6 Å². The van der Waals surface area contributed by atoms with E-state index in [4.69, 9.17) is 4.52 Å². The molecule has 1 aliphatic carbocycles. The fraction of sp³-hybridized carbons (Fsp3) is 0.286. The third-order valence-electron chi connectivity index (χ3n) is 5.03. The number of aromatic nitrogens is 1. The lowest BCUT2D eigenvalue weighted by molar-refractivity contribution is -0.137. The molecule has 138 valence electrons. The van der Waals surface area contributed by atoms with Gasteiger partial charge in [0.25, 0.3) is 5.91 Å². The minimum absolute atomic E-state index is 0.204. The van der Waals surface area contributed by atoms with Gasteiger partial charge < -0.3 is 14.9 Å². The van der Waals surface area contributed by atoms with E-state index in [1.807, 2.05) is 42.5 Å². The van der Waals surface area contributed by atoms with Crippen LogP contribution in [0.5, 0.6) is 0 Å². The Kier molecular flexibility index (Phi) is 4.62. The van der Waals surface area contributed by atoms with Crippen LogP contribution in [0.15, 0.2) is 47.0 Å². The molecule has 0 fully saturated rings. The molecule has 6 nitrogen and oxygen atoms in total. The van der Waals surface area contributed by atoms with E-state index >= 15 is 0 Å². The van der Waals surface area contributed by atoms with E-state index < -0.39 is 12.0 Å². The van der Waals surface area contributed by atoms with Crippen LogP contribution in [-0.2, 0) is 17.6 Å². The first kappa shape index (κ1) is 17.3. The molecular weight excluding hydrogens is 344 g/mol. The molecule has 1 aromatic heterocycles. The summed E-state index contributed by atoms with van der Waals surface area (Å²) in [7, 11) is 0. The van der Waals surface area contributed by atoms with Crippen LogP contribution in [0.2, 0.25) is 0 Å². The van der Waals surface area contributed by atoms with Crippen molar-refractivity contribution in [2.24, 2.45) is 0 Å². The summed E-state index contributed by atoms with van der Waals surface area (Å²) in [5, 5.41) is 18.1. The van der Waals surface area contributed by atoms with Gasteiger partial charge in [-0.15, -0.1) is 0 Å².